The molecular weight excluding hydrogens is 298 g/mol. The van der Waals surface area contributed by atoms with Crippen molar-refractivity contribution in [2.45, 2.75) is 13.3 Å². The second-order valence-corrected chi connectivity index (χ2v) is 6.07. The van der Waals surface area contributed by atoms with E-state index in [1.165, 1.54) is 0 Å². The summed E-state index contributed by atoms with van der Waals surface area (Å²) in [4.78, 5) is 13.1. The van der Waals surface area contributed by atoms with E-state index in [1.54, 1.807) is 6.92 Å². The van der Waals surface area contributed by atoms with Gasteiger partial charge in [0.15, 0.2) is 0 Å². The molecule has 22 heavy (non-hydrogen) atoms. The molecule has 4 nitrogen and oxygen atoms in total. The molecule has 0 aliphatic rings. The fourth-order valence-electron chi connectivity index (χ4n) is 1.52. The Bertz CT molecular complexity index is 327. The molecule has 0 aromatic rings. The molecule has 130 valence electrons. The number of hydrogen-bond donors (Lipinski definition) is 1. The number of carbonyl (C=O) groups is 1. The van der Waals surface area contributed by atoms with Gasteiger partial charge in [-0.3, -0.25) is 4.79 Å². The maximum atomic E-state index is 11.0. The Morgan fingerprint density at radius 3 is 1.95 bits per heavy atom. The van der Waals surface area contributed by atoms with E-state index in [0.717, 1.165) is 37.1 Å². The SMILES string of the molecule is C=C(C)C(=O)NCCCN(C)C.C=CC[N+](C)(C)CC=C.[Cl-]. The number of hydrogen-bond acceptors (Lipinski definition) is 2. The Hall–Kier alpha value is -1.10. The highest BCUT2D eigenvalue weighted by Crippen LogP contribution is 1.95. The monoisotopic (exact) mass is 331 g/mol. The van der Waals surface area contributed by atoms with Crippen molar-refractivity contribution in [3.8, 4) is 0 Å². The van der Waals surface area contributed by atoms with Gasteiger partial charge in [-0.25, -0.2) is 0 Å². The lowest BCUT2D eigenvalue weighted by Gasteiger charge is -2.26. The zero-order valence-corrected chi connectivity index (χ0v) is 15.7. The largest absolute Gasteiger partial charge is 1.00 e. The molecule has 0 spiro atoms. The molecule has 0 radical (unpaired) electrons. The minimum atomic E-state index is -0.0474. The van der Waals surface area contributed by atoms with Crippen molar-refractivity contribution in [1.29, 1.82) is 0 Å². The summed E-state index contributed by atoms with van der Waals surface area (Å²) in [6.07, 6.45) is 4.85. The Balaban J connectivity index is -0.000000326. The minimum absolute atomic E-state index is 0. The molecule has 0 aromatic heterocycles. The fourth-order valence-corrected chi connectivity index (χ4v) is 1.52. The van der Waals surface area contributed by atoms with Crippen LogP contribution in [0, 0.1) is 0 Å². The molecular formula is C17H34ClN3O. The first kappa shape index (κ1) is 25.8. The highest BCUT2D eigenvalue weighted by molar-refractivity contribution is 5.91. The molecule has 0 fully saturated rings. The van der Waals surface area contributed by atoms with Crippen molar-refractivity contribution in [2.75, 3.05) is 54.4 Å². The van der Waals surface area contributed by atoms with Gasteiger partial charge in [0.25, 0.3) is 0 Å². The second kappa shape index (κ2) is 14.8. The average molecular weight is 332 g/mol. The van der Waals surface area contributed by atoms with E-state index >= 15 is 0 Å². The van der Waals surface area contributed by atoms with E-state index in [0.29, 0.717) is 5.57 Å². The van der Waals surface area contributed by atoms with Gasteiger partial charge in [-0.2, -0.15) is 0 Å². The van der Waals surface area contributed by atoms with Crippen molar-refractivity contribution >= 4 is 5.91 Å². The predicted octanol–water partition coefficient (Wildman–Crippen LogP) is -0.931. The van der Waals surface area contributed by atoms with Crippen LogP contribution in [0.15, 0.2) is 37.5 Å². The third-order valence-electron chi connectivity index (χ3n) is 2.70. The third kappa shape index (κ3) is 18.9. The van der Waals surface area contributed by atoms with Crippen LogP contribution in [-0.4, -0.2) is 69.7 Å². The van der Waals surface area contributed by atoms with E-state index < -0.39 is 0 Å². The summed E-state index contributed by atoms with van der Waals surface area (Å²) < 4.78 is 0.951. The van der Waals surface area contributed by atoms with Crippen LogP contribution < -0.4 is 17.7 Å². The Labute approximate surface area is 143 Å². The maximum Gasteiger partial charge on any atom is 0.246 e. The number of likely N-dealkylation sites (N-methyl/N-ethyl adjacent to an activating group) is 1. The number of amides is 1. The van der Waals surface area contributed by atoms with Crippen LogP contribution >= 0.6 is 0 Å². The highest BCUT2D eigenvalue weighted by Gasteiger charge is 2.07. The highest BCUT2D eigenvalue weighted by atomic mass is 35.5. The summed E-state index contributed by atoms with van der Waals surface area (Å²) in [6.45, 7) is 16.3. The van der Waals surface area contributed by atoms with Gasteiger partial charge in [0.05, 0.1) is 27.2 Å². The van der Waals surface area contributed by atoms with Gasteiger partial charge in [0, 0.05) is 12.1 Å². The maximum absolute atomic E-state index is 11.0. The molecule has 1 amide bonds. The number of nitrogens with zero attached hydrogens (tertiary/aromatic N) is 2. The first-order valence-electron chi connectivity index (χ1n) is 7.28. The fraction of sp³-hybridized carbons (Fsp3) is 0.588. The molecule has 0 aliphatic heterocycles. The standard InChI is InChI=1S/C9H18N2O.C8H16N.ClH/c1-8(2)9(12)10-6-5-7-11(3)4;1-5-7-9(3,4)8-6-2;/h1,5-7H2,2-4H3,(H,10,12);5-6H,1-2,7-8H2,3-4H3;1H/q;+1;/p-1. The van der Waals surface area contributed by atoms with E-state index in [-0.39, 0.29) is 18.3 Å². The Morgan fingerprint density at radius 2 is 1.64 bits per heavy atom. The van der Waals surface area contributed by atoms with Gasteiger partial charge < -0.3 is 27.1 Å². The molecule has 0 rings (SSSR count). The van der Waals surface area contributed by atoms with E-state index in [9.17, 15) is 4.79 Å². The zero-order chi connectivity index (χ0) is 16.9. The third-order valence-corrected chi connectivity index (χ3v) is 2.70. The second-order valence-electron chi connectivity index (χ2n) is 6.07. The number of halogens is 1. The summed E-state index contributed by atoms with van der Waals surface area (Å²) in [6, 6.07) is 0. The normalized spacial score (nSPS) is 9.91. The van der Waals surface area contributed by atoms with Crippen molar-refractivity contribution in [2.24, 2.45) is 0 Å². The van der Waals surface area contributed by atoms with E-state index in [2.05, 4.69) is 44.0 Å². The van der Waals surface area contributed by atoms with Crippen molar-refractivity contribution < 1.29 is 21.7 Å². The van der Waals surface area contributed by atoms with Gasteiger partial charge in [-0.15, -0.1) is 0 Å². The summed E-state index contributed by atoms with van der Waals surface area (Å²) in [5, 5.41) is 2.77. The van der Waals surface area contributed by atoms with Gasteiger partial charge >= 0.3 is 0 Å². The number of quaternary nitrogens is 1. The lowest BCUT2D eigenvalue weighted by Crippen LogP contribution is -3.00. The van der Waals surface area contributed by atoms with Crippen molar-refractivity contribution in [3.05, 3.63) is 37.5 Å². The topological polar surface area (TPSA) is 32.3 Å². The van der Waals surface area contributed by atoms with E-state index in [4.69, 9.17) is 0 Å². The Kier molecular flexibility index (Phi) is 17.4. The number of carbonyl (C=O) groups excluding carboxylic acids is 1. The van der Waals surface area contributed by atoms with Crippen LogP contribution in [0.1, 0.15) is 13.3 Å². The lowest BCUT2D eigenvalue weighted by molar-refractivity contribution is -0.878. The minimum Gasteiger partial charge on any atom is -1.00 e. The molecule has 0 aromatic carbocycles. The molecule has 0 unspecified atom stereocenters. The van der Waals surface area contributed by atoms with Gasteiger partial charge in [0.2, 0.25) is 5.91 Å². The van der Waals surface area contributed by atoms with Crippen molar-refractivity contribution in [3.63, 3.8) is 0 Å². The van der Waals surface area contributed by atoms with Crippen LogP contribution in [0.2, 0.25) is 0 Å². The molecule has 0 atom stereocenters. The zero-order valence-electron chi connectivity index (χ0n) is 15.0. The molecule has 0 heterocycles. The quantitative estimate of drug-likeness (QED) is 0.256. The van der Waals surface area contributed by atoms with Gasteiger partial charge in [0.1, 0.15) is 0 Å². The summed E-state index contributed by atoms with van der Waals surface area (Å²) in [5.74, 6) is -0.0474. The molecule has 1 N–H and O–H groups in total. The van der Waals surface area contributed by atoms with Crippen molar-refractivity contribution in [1.82, 2.24) is 10.2 Å². The smallest absolute Gasteiger partial charge is 0.246 e. The first-order chi connectivity index (χ1) is 9.66. The molecule has 0 bridgehead atoms. The van der Waals surface area contributed by atoms with Gasteiger partial charge in [-0.1, -0.05) is 19.7 Å². The molecule has 0 saturated heterocycles. The predicted molar refractivity (Wildman–Crippen MR) is 93.2 cm³/mol. The molecule has 0 aliphatic carbocycles. The lowest BCUT2D eigenvalue weighted by atomic mass is 10.3. The first-order valence-corrected chi connectivity index (χ1v) is 7.28. The van der Waals surface area contributed by atoms with E-state index in [1.807, 2.05) is 26.2 Å². The van der Waals surface area contributed by atoms with Crippen LogP contribution in [-0.2, 0) is 4.79 Å². The summed E-state index contributed by atoms with van der Waals surface area (Å²) >= 11 is 0. The number of nitrogens with one attached hydrogen (secondary N) is 1. The summed E-state index contributed by atoms with van der Waals surface area (Å²) in [7, 11) is 8.34. The van der Waals surface area contributed by atoms with Crippen LogP contribution in [0.5, 0.6) is 0 Å². The van der Waals surface area contributed by atoms with Gasteiger partial charge in [-0.05, 0) is 46.1 Å². The number of rotatable bonds is 9. The van der Waals surface area contributed by atoms with Crippen LogP contribution in [0.3, 0.4) is 0 Å². The van der Waals surface area contributed by atoms with Crippen LogP contribution in [0.25, 0.3) is 0 Å². The molecule has 0 saturated carbocycles. The Morgan fingerprint density at radius 1 is 1.18 bits per heavy atom. The average Bonchev–Trinajstić information content (AvgIpc) is 2.34. The molecule has 5 heteroatoms. The summed E-state index contributed by atoms with van der Waals surface area (Å²) in [5.41, 5.74) is 0.569. The van der Waals surface area contributed by atoms with Crippen LogP contribution in [0.4, 0.5) is 0 Å².